The Morgan fingerprint density at radius 2 is 2.29 bits per heavy atom. The average Bonchev–Trinajstić information content (AvgIpc) is 2.50. The Hall–Kier alpha value is -1.29. The number of aromatic amines is 1. The smallest absolute Gasteiger partial charge is 0.308 e. The third-order valence-electron chi connectivity index (χ3n) is 1.85. The molecule has 4 heteroatoms. The van der Waals surface area contributed by atoms with Crippen molar-refractivity contribution in [2.75, 3.05) is 0 Å². The molecule has 0 saturated heterocycles. The predicted molar refractivity (Wildman–Crippen MR) is 57.3 cm³/mol. The summed E-state index contributed by atoms with van der Waals surface area (Å²) in [6.45, 7) is 1.39. The summed E-state index contributed by atoms with van der Waals surface area (Å²) in [6, 6.07) is 5.58. The number of H-pyrrole nitrogens is 1. The van der Waals surface area contributed by atoms with E-state index in [1.54, 1.807) is 6.07 Å². The van der Waals surface area contributed by atoms with Gasteiger partial charge in [-0.15, -0.1) is 0 Å². The van der Waals surface area contributed by atoms with Crippen molar-refractivity contribution in [3.63, 3.8) is 0 Å². The zero-order chi connectivity index (χ0) is 10.1. The van der Waals surface area contributed by atoms with Crippen molar-refractivity contribution in [3.8, 4) is 5.75 Å². The number of aromatic nitrogens is 1. The Labute approximate surface area is 89.2 Å². The zero-order valence-corrected chi connectivity index (χ0v) is 9.09. The lowest BCUT2D eigenvalue weighted by atomic mass is 10.2. The van der Waals surface area contributed by atoms with Crippen LogP contribution in [0.3, 0.4) is 0 Å². The van der Waals surface area contributed by atoms with E-state index in [0.717, 1.165) is 15.4 Å². The summed E-state index contributed by atoms with van der Waals surface area (Å²) in [5.41, 5.74) is 0.940. The minimum Gasteiger partial charge on any atom is -0.426 e. The fourth-order valence-corrected chi connectivity index (χ4v) is 1.78. The molecule has 14 heavy (non-hydrogen) atoms. The van der Waals surface area contributed by atoms with Crippen LogP contribution in [-0.2, 0) is 4.79 Å². The van der Waals surface area contributed by atoms with Crippen molar-refractivity contribution in [1.82, 2.24) is 4.98 Å². The predicted octanol–water partition coefficient (Wildman–Crippen LogP) is 2.86. The Balaban J connectivity index is 2.60. The third kappa shape index (κ3) is 1.65. The molecule has 1 heterocycles. The van der Waals surface area contributed by atoms with E-state index in [9.17, 15) is 4.79 Å². The van der Waals surface area contributed by atoms with E-state index >= 15 is 0 Å². The van der Waals surface area contributed by atoms with E-state index < -0.39 is 0 Å². The summed E-state index contributed by atoms with van der Waals surface area (Å²) in [6.07, 6.45) is 1.81. The van der Waals surface area contributed by atoms with Crippen molar-refractivity contribution in [3.05, 3.63) is 28.9 Å². The van der Waals surface area contributed by atoms with Crippen molar-refractivity contribution in [2.45, 2.75) is 6.92 Å². The molecule has 0 fully saturated rings. The largest absolute Gasteiger partial charge is 0.426 e. The maximum Gasteiger partial charge on any atom is 0.308 e. The van der Waals surface area contributed by atoms with Gasteiger partial charge < -0.3 is 9.72 Å². The first kappa shape index (κ1) is 9.27. The highest BCUT2D eigenvalue weighted by atomic mass is 79.9. The van der Waals surface area contributed by atoms with Gasteiger partial charge in [-0.1, -0.05) is 15.9 Å². The van der Waals surface area contributed by atoms with Gasteiger partial charge in [0.15, 0.2) is 0 Å². The lowest BCUT2D eigenvalue weighted by Gasteiger charge is -2.03. The number of hydrogen-bond acceptors (Lipinski definition) is 2. The Kier molecular flexibility index (Phi) is 2.29. The van der Waals surface area contributed by atoms with Crippen molar-refractivity contribution in [2.24, 2.45) is 0 Å². The Bertz CT molecular complexity index is 490. The number of nitrogens with one attached hydrogen (secondary N) is 1. The van der Waals surface area contributed by atoms with Gasteiger partial charge in [0.1, 0.15) is 5.75 Å². The van der Waals surface area contributed by atoms with Crippen molar-refractivity contribution >= 4 is 32.8 Å². The second kappa shape index (κ2) is 3.46. The maximum atomic E-state index is 10.8. The van der Waals surface area contributed by atoms with E-state index in [1.807, 2.05) is 18.3 Å². The fourth-order valence-electron chi connectivity index (χ4n) is 1.34. The first-order valence-electron chi connectivity index (χ1n) is 4.12. The van der Waals surface area contributed by atoms with E-state index in [0.29, 0.717) is 5.75 Å². The standard InChI is InChI=1S/C10H8BrNO2/c1-6(13)14-10-5-7(11)4-9-8(10)2-3-12-9/h2-5,12H,1H3. The normalized spacial score (nSPS) is 10.4. The Morgan fingerprint density at radius 1 is 1.50 bits per heavy atom. The molecule has 0 aliphatic heterocycles. The zero-order valence-electron chi connectivity index (χ0n) is 7.50. The van der Waals surface area contributed by atoms with E-state index in [1.165, 1.54) is 6.92 Å². The minimum atomic E-state index is -0.314. The fraction of sp³-hybridized carbons (Fsp3) is 0.100. The van der Waals surface area contributed by atoms with E-state index in [4.69, 9.17) is 4.74 Å². The second-order valence-corrected chi connectivity index (χ2v) is 3.85. The van der Waals surface area contributed by atoms with Gasteiger partial charge in [-0.05, 0) is 18.2 Å². The molecule has 1 N–H and O–H groups in total. The van der Waals surface area contributed by atoms with Gasteiger partial charge in [0.05, 0.1) is 5.52 Å². The Morgan fingerprint density at radius 3 is 3.00 bits per heavy atom. The molecule has 0 unspecified atom stereocenters. The summed E-state index contributed by atoms with van der Waals surface area (Å²) in [5.74, 6) is 0.258. The topological polar surface area (TPSA) is 42.1 Å². The van der Waals surface area contributed by atoms with Crippen LogP contribution >= 0.6 is 15.9 Å². The van der Waals surface area contributed by atoms with Crippen LogP contribution in [0.25, 0.3) is 10.9 Å². The quantitative estimate of drug-likeness (QED) is 0.628. The summed E-state index contributed by atoms with van der Waals surface area (Å²) in [5, 5.41) is 0.906. The third-order valence-corrected chi connectivity index (χ3v) is 2.31. The van der Waals surface area contributed by atoms with Gasteiger partial charge in [0.25, 0.3) is 0 Å². The van der Waals surface area contributed by atoms with Gasteiger partial charge in [-0.25, -0.2) is 0 Å². The summed E-state index contributed by atoms with van der Waals surface area (Å²) < 4.78 is 5.96. The van der Waals surface area contributed by atoms with E-state index in [-0.39, 0.29) is 5.97 Å². The summed E-state index contributed by atoms with van der Waals surface area (Å²) in [7, 11) is 0. The number of ether oxygens (including phenoxy) is 1. The SMILES string of the molecule is CC(=O)Oc1cc(Br)cc2[nH]ccc12. The summed E-state index contributed by atoms with van der Waals surface area (Å²) >= 11 is 3.35. The van der Waals surface area contributed by atoms with Crippen LogP contribution in [0.15, 0.2) is 28.9 Å². The molecule has 72 valence electrons. The van der Waals surface area contributed by atoms with Gasteiger partial charge in [0.2, 0.25) is 0 Å². The van der Waals surface area contributed by atoms with Crippen LogP contribution in [0, 0.1) is 0 Å². The van der Waals surface area contributed by atoms with Crippen LogP contribution in [0.2, 0.25) is 0 Å². The average molecular weight is 254 g/mol. The second-order valence-electron chi connectivity index (χ2n) is 2.94. The molecule has 0 aliphatic carbocycles. The molecule has 0 bridgehead atoms. The number of fused-ring (bicyclic) bond motifs is 1. The first-order valence-corrected chi connectivity index (χ1v) is 4.91. The van der Waals surface area contributed by atoms with Crippen LogP contribution in [-0.4, -0.2) is 11.0 Å². The number of rotatable bonds is 1. The first-order chi connectivity index (χ1) is 6.66. The highest BCUT2D eigenvalue weighted by Crippen LogP contribution is 2.29. The minimum absolute atomic E-state index is 0.314. The molecule has 2 rings (SSSR count). The molecule has 3 nitrogen and oxygen atoms in total. The number of esters is 1. The van der Waals surface area contributed by atoms with Crippen LogP contribution in [0.1, 0.15) is 6.92 Å². The summed E-state index contributed by atoms with van der Waals surface area (Å²) in [4.78, 5) is 13.9. The van der Waals surface area contributed by atoms with Crippen LogP contribution < -0.4 is 4.74 Å². The van der Waals surface area contributed by atoms with Gasteiger partial charge in [0, 0.05) is 23.0 Å². The number of halogens is 1. The van der Waals surface area contributed by atoms with E-state index in [2.05, 4.69) is 20.9 Å². The molecule has 2 aromatic rings. The van der Waals surface area contributed by atoms with Gasteiger partial charge >= 0.3 is 5.97 Å². The molecule has 0 atom stereocenters. The van der Waals surface area contributed by atoms with Crippen LogP contribution in [0.5, 0.6) is 5.75 Å². The molecule has 1 aromatic carbocycles. The number of benzene rings is 1. The highest BCUT2D eigenvalue weighted by molar-refractivity contribution is 9.10. The van der Waals surface area contributed by atoms with Gasteiger partial charge in [-0.3, -0.25) is 4.79 Å². The van der Waals surface area contributed by atoms with Crippen molar-refractivity contribution < 1.29 is 9.53 Å². The van der Waals surface area contributed by atoms with Crippen molar-refractivity contribution in [1.29, 1.82) is 0 Å². The molecule has 0 aliphatic rings. The molecular formula is C10H8BrNO2. The lowest BCUT2D eigenvalue weighted by molar-refractivity contribution is -0.131. The number of hydrogen-bond donors (Lipinski definition) is 1. The molecule has 1 aromatic heterocycles. The molecule has 0 radical (unpaired) electrons. The molecule has 0 spiro atoms. The monoisotopic (exact) mass is 253 g/mol. The molecular weight excluding hydrogens is 246 g/mol. The molecule has 0 saturated carbocycles. The molecule has 0 amide bonds. The number of carbonyl (C=O) groups is 1. The maximum absolute atomic E-state index is 10.8. The van der Waals surface area contributed by atoms with Crippen LogP contribution in [0.4, 0.5) is 0 Å². The number of carbonyl (C=O) groups excluding carboxylic acids is 1. The lowest BCUT2D eigenvalue weighted by Crippen LogP contribution is -2.01. The highest BCUT2D eigenvalue weighted by Gasteiger charge is 2.06. The van der Waals surface area contributed by atoms with Gasteiger partial charge in [-0.2, -0.15) is 0 Å².